The molecule has 0 spiro atoms. The van der Waals surface area contributed by atoms with Crippen LogP contribution in [-0.2, 0) is 0 Å². The van der Waals surface area contributed by atoms with Crippen molar-refractivity contribution in [2.75, 3.05) is 56.5 Å². The molecule has 2 fully saturated rings. The summed E-state index contributed by atoms with van der Waals surface area (Å²) in [4.78, 5) is 16.9. The number of nitrogens with one attached hydrogen (secondary N) is 2. The fraction of sp³-hybridized carbons (Fsp3) is 0.400. The maximum absolute atomic E-state index is 5.20. The third-order valence-corrected chi connectivity index (χ3v) is 7.09. The first-order valence-corrected chi connectivity index (χ1v) is 12.0. The number of aromatic amines is 1. The zero-order chi connectivity index (χ0) is 22.9. The molecule has 0 amide bonds. The van der Waals surface area contributed by atoms with Crippen molar-refractivity contribution >= 4 is 28.2 Å². The van der Waals surface area contributed by atoms with Gasteiger partial charge in [0.2, 0.25) is 0 Å². The minimum absolute atomic E-state index is 0.602. The number of furan rings is 1. The van der Waals surface area contributed by atoms with Crippen molar-refractivity contribution in [3.8, 4) is 11.4 Å². The van der Waals surface area contributed by atoms with Crippen LogP contribution in [0.2, 0.25) is 0 Å². The number of anilines is 3. The molecule has 2 saturated heterocycles. The van der Waals surface area contributed by atoms with Crippen LogP contribution in [0.15, 0.2) is 53.5 Å². The quantitative estimate of drug-likeness (QED) is 0.469. The van der Waals surface area contributed by atoms with Crippen LogP contribution < -0.4 is 10.2 Å². The van der Waals surface area contributed by atoms with Gasteiger partial charge in [0.05, 0.1) is 18.0 Å². The Morgan fingerprint density at radius 3 is 2.50 bits per heavy atom. The highest BCUT2D eigenvalue weighted by molar-refractivity contribution is 5.88. The van der Waals surface area contributed by atoms with Crippen molar-refractivity contribution in [1.29, 1.82) is 0 Å². The number of H-pyrrole nitrogens is 1. The third-order valence-electron chi connectivity index (χ3n) is 7.09. The molecule has 0 aliphatic carbocycles. The van der Waals surface area contributed by atoms with Crippen LogP contribution in [0.25, 0.3) is 22.4 Å². The molecule has 0 bridgehead atoms. The van der Waals surface area contributed by atoms with Gasteiger partial charge in [0.25, 0.3) is 0 Å². The second-order valence-corrected chi connectivity index (χ2v) is 9.27. The number of hydrogen-bond donors (Lipinski definition) is 2. The van der Waals surface area contributed by atoms with Crippen molar-refractivity contribution in [2.45, 2.75) is 18.9 Å². The van der Waals surface area contributed by atoms with Gasteiger partial charge in [-0.15, -0.1) is 0 Å². The molecule has 9 nitrogen and oxygen atoms in total. The Morgan fingerprint density at radius 2 is 1.76 bits per heavy atom. The molecule has 1 aromatic carbocycles. The summed E-state index contributed by atoms with van der Waals surface area (Å²) in [6.07, 6.45) is 7.45. The van der Waals surface area contributed by atoms with Gasteiger partial charge < -0.3 is 19.5 Å². The number of piperidine rings is 1. The second kappa shape index (κ2) is 9.08. The van der Waals surface area contributed by atoms with Crippen LogP contribution in [-0.4, -0.2) is 82.3 Å². The van der Waals surface area contributed by atoms with E-state index in [2.05, 4.69) is 66.5 Å². The molecule has 34 heavy (non-hydrogen) atoms. The minimum Gasteiger partial charge on any atom is -0.472 e. The van der Waals surface area contributed by atoms with Crippen LogP contribution in [0.5, 0.6) is 0 Å². The van der Waals surface area contributed by atoms with Gasteiger partial charge in [0.15, 0.2) is 11.6 Å². The first-order chi connectivity index (χ1) is 16.7. The minimum atomic E-state index is 0.602. The maximum atomic E-state index is 5.20. The van der Waals surface area contributed by atoms with E-state index in [1.54, 1.807) is 18.7 Å². The fourth-order valence-corrected chi connectivity index (χ4v) is 5.02. The van der Waals surface area contributed by atoms with E-state index in [1.807, 2.05) is 6.07 Å². The van der Waals surface area contributed by atoms with Gasteiger partial charge in [-0.05, 0) is 50.2 Å². The molecule has 0 saturated carbocycles. The average Bonchev–Trinajstić information content (AvgIpc) is 3.58. The van der Waals surface area contributed by atoms with Crippen molar-refractivity contribution < 1.29 is 4.42 Å². The van der Waals surface area contributed by atoms with Crippen LogP contribution >= 0.6 is 0 Å². The molecule has 5 heterocycles. The highest BCUT2D eigenvalue weighted by Gasteiger charge is 2.26. The highest BCUT2D eigenvalue weighted by atomic mass is 16.3. The number of nitrogens with zero attached hydrogens (tertiary/aromatic N) is 6. The van der Waals surface area contributed by atoms with E-state index < -0.39 is 0 Å². The summed E-state index contributed by atoms with van der Waals surface area (Å²) in [5.41, 5.74) is 4.62. The lowest BCUT2D eigenvalue weighted by molar-refractivity contribution is 0.0982. The summed E-state index contributed by atoms with van der Waals surface area (Å²) in [7, 11) is 2.22. The average molecular weight is 459 g/mol. The van der Waals surface area contributed by atoms with Crippen LogP contribution in [0.4, 0.5) is 17.2 Å². The molecule has 6 rings (SSSR count). The maximum Gasteiger partial charge on any atom is 0.165 e. The van der Waals surface area contributed by atoms with Gasteiger partial charge in [0, 0.05) is 56.7 Å². The van der Waals surface area contributed by atoms with E-state index >= 15 is 0 Å². The van der Waals surface area contributed by atoms with Crippen LogP contribution in [0, 0.1) is 0 Å². The standard InChI is InChI=1S/C25H30N8O/c1-31-11-13-33(14-12-31)21-6-9-32(10-7-21)20-4-2-19(3-5-20)27-25-23-22(16-26-30-23)28-24(29-25)18-8-15-34-17-18/h2-5,8,15-17,21H,6-7,9-14H2,1H3,(H,26,30)(H,27,28,29). The Kier molecular flexibility index (Phi) is 5.64. The monoisotopic (exact) mass is 458 g/mol. The Labute approximate surface area is 198 Å². The summed E-state index contributed by atoms with van der Waals surface area (Å²) in [5, 5.41) is 10.6. The summed E-state index contributed by atoms with van der Waals surface area (Å²) >= 11 is 0. The van der Waals surface area contributed by atoms with E-state index in [0.717, 1.165) is 41.4 Å². The Balaban J connectivity index is 1.13. The third kappa shape index (κ3) is 4.24. The SMILES string of the molecule is CN1CCN(C2CCN(c3ccc(Nc4nc(-c5ccoc5)nc5cn[nH]c45)cc3)CC2)CC1. The number of fused-ring (bicyclic) bond motifs is 1. The number of aromatic nitrogens is 4. The van der Waals surface area contributed by atoms with E-state index in [9.17, 15) is 0 Å². The van der Waals surface area contributed by atoms with E-state index in [0.29, 0.717) is 11.6 Å². The molecule has 3 aromatic heterocycles. The topological polar surface area (TPSA) is 89.3 Å². The number of likely N-dealkylation sites (N-methyl/N-ethyl adjacent to an activating group) is 1. The van der Waals surface area contributed by atoms with Gasteiger partial charge in [-0.25, -0.2) is 9.97 Å². The van der Waals surface area contributed by atoms with Crippen molar-refractivity contribution in [2.24, 2.45) is 0 Å². The number of hydrogen-bond acceptors (Lipinski definition) is 8. The van der Waals surface area contributed by atoms with Gasteiger partial charge in [-0.2, -0.15) is 5.10 Å². The van der Waals surface area contributed by atoms with Crippen molar-refractivity contribution in [3.05, 3.63) is 49.1 Å². The number of benzene rings is 1. The van der Waals surface area contributed by atoms with E-state index in [-0.39, 0.29) is 0 Å². The molecule has 0 radical (unpaired) electrons. The predicted molar refractivity (Wildman–Crippen MR) is 133 cm³/mol. The molecule has 2 aliphatic rings. The molecular formula is C25H30N8O. The summed E-state index contributed by atoms with van der Waals surface area (Å²) in [6.45, 7) is 7.01. The Hall–Kier alpha value is -3.43. The lowest BCUT2D eigenvalue weighted by atomic mass is 10.0. The van der Waals surface area contributed by atoms with E-state index in [4.69, 9.17) is 9.40 Å². The van der Waals surface area contributed by atoms with Crippen LogP contribution in [0.1, 0.15) is 12.8 Å². The molecule has 176 valence electrons. The van der Waals surface area contributed by atoms with Crippen molar-refractivity contribution in [3.63, 3.8) is 0 Å². The lowest BCUT2D eigenvalue weighted by Crippen LogP contribution is -2.52. The van der Waals surface area contributed by atoms with Gasteiger partial charge >= 0.3 is 0 Å². The van der Waals surface area contributed by atoms with E-state index in [1.165, 1.54) is 44.7 Å². The summed E-state index contributed by atoms with van der Waals surface area (Å²) < 4.78 is 5.20. The number of piperazine rings is 1. The highest BCUT2D eigenvalue weighted by Crippen LogP contribution is 2.28. The normalized spacial score (nSPS) is 18.6. The largest absolute Gasteiger partial charge is 0.472 e. The first-order valence-electron chi connectivity index (χ1n) is 12.0. The molecule has 0 atom stereocenters. The lowest BCUT2D eigenvalue weighted by Gasteiger charge is -2.42. The molecule has 9 heteroatoms. The predicted octanol–water partition coefficient (Wildman–Crippen LogP) is 3.57. The zero-order valence-electron chi connectivity index (χ0n) is 19.4. The second-order valence-electron chi connectivity index (χ2n) is 9.27. The molecule has 2 N–H and O–H groups in total. The van der Waals surface area contributed by atoms with Crippen molar-refractivity contribution in [1.82, 2.24) is 30.0 Å². The van der Waals surface area contributed by atoms with Gasteiger partial charge in [0.1, 0.15) is 17.3 Å². The Bertz CT molecular complexity index is 1220. The molecule has 0 unspecified atom stereocenters. The molecule has 4 aromatic rings. The summed E-state index contributed by atoms with van der Waals surface area (Å²) in [5.74, 6) is 1.30. The van der Waals surface area contributed by atoms with Crippen LogP contribution in [0.3, 0.4) is 0 Å². The number of rotatable bonds is 5. The first kappa shape index (κ1) is 21.1. The van der Waals surface area contributed by atoms with Gasteiger partial charge in [-0.1, -0.05) is 0 Å². The smallest absolute Gasteiger partial charge is 0.165 e. The summed E-state index contributed by atoms with van der Waals surface area (Å²) in [6, 6.07) is 11.2. The molecule has 2 aliphatic heterocycles. The molecular weight excluding hydrogens is 428 g/mol. The fourth-order valence-electron chi connectivity index (χ4n) is 5.02. The zero-order valence-corrected chi connectivity index (χ0v) is 19.4. The Morgan fingerprint density at radius 1 is 0.971 bits per heavy atom. The van der Waals surface area contributed by atoms with Gasteiger partial charge in [-0.3, -0.25) is 10.00 Å².